The van der Waals surface area contributed by atoms with Gasteiger partial charge in [-0.05, 0) is 87.5 Å². The number of benzene rings is 2. The molecule has 29 heavy (non-hydrogen) atoms. The molecule has 1 fully saturated rings. The van der Waals surface area contributed by atoms with Gasteiger partial charge in [0.2, 0.25) is 5.91 Å². The van der Waals surface area contributed by atoms with Crippen molar-refractivity contribution in [2.24, 2.45) is 5.92 Å². The van der Waals surface area contributed by atoms with Crippen molar-refractivity contribution in [1.82, 2.24) is 4.90 Å². The van der Waals surface area contributed by atoms with Gasteiger partial charge in [-0.2, -0.15) is 0 Å². The van der Waals surface area contributed by atoms with Gasteiger partial charge in [-0.15, -0.1) is 0 Å². The Hall–Kier alpha value is -1.85. The van der Waals surface area contributed by atoms with E-state index in [2.05, 4.69) is 58.2 Å². The van der Waals surface area contributed by atoms with Crippen molar-refractivity contribution in [3.05, 3.63) is 58.1 Å². The summed E-state index contributed by atoms with van der Waals surface area (Å²) in [6.45, 7) is 7.03. The van der Waals surface area contributed by atoms with E-state index in [0.717, 1.165) is 60.4 Å². The predicted molar refractivity (Wildman–Crippen MR) is 121 cm³/mol. The van der Waals surface area contributed by atoms with E-state index in [9.17, 15) is 4.79 Å². The summed E-state index contributed by atoms with van der Waals surface area (Å²) in [6, 6.07) is 14.4. The van der Waals surface area contributed by atoms with Gasteiger partial charge in [0.05, 0.1) is 12.0 Å². The Morgan fingerprint density at radius 1 is 1.17 bits per heavy atom. The molecule has 1 amide bonds. The largest absolute Gasteiger partial charge is 0.491 e. The van der Waals surface area contributed by atoms with Crippen LogP contribution >= 0.6 is 15.9 Å². The van der Waals surface area contributed by atoms with Crippen molar-refractivity contribution in [3.63, 3.8) is 0 Å². The lowest BCUT2D eigenvalue weighted by Gasteiger charge is -2.33. The van der Waals surface area contributed by atoms with Crippen LogP contribution in [-0.4, -0.2) is 36.5 Å². The first-order valence-corrected chi connectivity index (χ1v) is 11.4. The summed E-state index contributed by atoms with van der Waals surface area (Å²) in [5.41, 5.74) is 3.45. The van der Waals surface area contributed by atoms with Crippen LogP contribution in [0.2, 0.25) is 0 Å². The smallest absolute Gasteiger partial charge is 0.233 e. The maximum atomic E-state index is 12.4. The zero-order chi connectivity index (χ0) is 20.4. The SMILES string of the molecule is CC(C)Oc1ccc(Br)c(CC2CCN(CC3C(=O)Nc4ccccc43)CC2)c1. The van der Waals surface area contributed by atoms with Crippen molar-refractivity contribution in [2.75, 3.05) is 25.0 Å². The van der Waals surface area contributed by atoms with Crippen LogP contribution in [-0.2, 0) is 11.2 Å². The van der Waals surface area contributed by atoms with Crippen LogP contribution in [0.5, 0.6) is 5.75 Å². The molecule has 5 heteroatoms. The van der Waals surface area contributed by atoms with E-state index in [1.165, 1.54) is 5.56 Å². The highest BCUT2D eigenvalue weighted by molar-refractivity contribution is 9.10. The Balaban J connectivity index is 1.33. The minimum Gasteiger partial charge on any atom is -0.491 e. The van der Waals surface area contributed by atoms with E-state index < -0.39 is 0 Å². The van der Waals surface area contributed by atoms with Gasteiger partial charge in [-0.25, -0.2) is 0 Å². The number of hydrogen-bond donors (Lipinski definition) is 1. The lowest BCUT2D eigenvalue weighted by molar-refractivity contribution is -0.117. The van der Waals surface area contributed by atoms with Crippen molar-refractivity contribution in [3.8, 4) is 5.75 Å². The zero-order valence-electron chi connectivity index (χ0n) is 17.2. The topological polar surface area (TPSA) is 41.6 Å². The highest BCUT2D eigenvalue weighted by atomic mass is 79.9. The standard InChI is InChI=1S/C24H29BrN2O2/c1-16(2)29-19-7-8-22(25)18(14-19)13-17-9-11-27(12-10-17)15-21-20-5-3-4-6-23(20)26-24(21)28/h3-8,14,16-17,21H,9-13,15H2,1-2H3,(H,26,28). The van der Waals surface area contributed by atoms with Crippen LogP contribution in [0.15, 0.2) is 46.9 Å². The fraction of sp³-hybridized carbons (Fsp3) is 0.458. The van der Waals surface area contributed by atoms with Crippen LogP contribution < -0.4 is 10.1 Å². The normalized spacial score (nSPS) is 20.0. The molecule has 1 unspecified atom stereocenters. The van der Waals surface area contributed by atoms with Gasteiger partial charge in [-0.3, -0.25) is 4.79 Å². The third kappa shape index (κ3) is 4.84. The second-order valence-corrected chi connectivity index (χ2v) is 9.35. The molecule has 0 aromatic heterocycles. The molecule has 2 heterocycles. The first-order chi connectivity index (χ1) is 14.0. The van der Waals surface area contributed by atoms with E-state index in [1.54, 1.807) is 0 Å². The number of anilines is 1. The van der Waals surface area contributed by atoms with E-state index in [4.69, 9.17) is 4.74 Å². The van der Waals surface area contributed by atoms with E-state index in [-0.39, 0.29) is 17.9 Å². The molecule has 0 spiro atoms. The molecule has 1 saturated heterocycles. The van der Waals surface area contributed by atoms with Gasteiger partial charge in [0.25, 0.3) is 0 Å². The Kier molecular flexibility index (Phi) is 6.26. The van der Waals surface area contributed by atoms with E-state index in [0.29, 0.717) is 5.92 Å². The molecule has 2 aliphatic rings. The molecule has 1 N–H and O–H groups in total. The van der Waals surface area contributed by atoms with Gasteiger partial charge in [-0.1, -0.05) is 34.1 Å². The average Bonchev–Trinajstić information content (AvgIpc) is 3.01. The summed E-state index contributed by atoms with van der Waals surface area (Å²) in [7, 11) is 0. The minimum absolute atomic E-state index is 0.0400. The van der Waals surface area contributed by atoms with Gasteiger partial charge < -0.3 is 15.0 Å². The molecule has 0 saturated carbocycles. The van der Waals surface area contributed by atoms with Crippen LogP contribution in [0.3, 0.4) is 0 Å². The minimum atomic E-state index is -0.0400. The van der Waals surface area contributed by atoms with E-state index in [1.807, 2.05) is 24.3 Å². The molecule has 2 aromatic rings. The summed E-state index contributed by atoms with van der Waals surface area (Å²) in [4.78, 5) is 14.9. The lowest BCUT2D eigenvalue weighted by Crippen LogP contribution is -2.38. The van der Waals surface area contributed by atoms with Crippen molar-refractivity contribution in [1.29, 1.82) is 0 Å². The second-order valence-electron chi connectivity index (χ2n) is 8.50. The van der Waals surface area contributed by atoms with Crippen LogP contribution in [0.1, 0.15) is 43.7 Å². The molecule has 0 radical (unpaired) electrons. The summed E-state index contributed by atoms with van der Waals surface area (Å²) >= 11 is 3.71. The number of hydrogen-bond acceptors (Lipinski definition) is 3. The van der Waals surface area contributed by atoms with E-state index >= 15 is 0 Å². The lowest BCUT2D eigenvalue weighted by atomic mass is 9.89. The molecule has 4 nitrogen and oxygen atoms in total. The number of para-hydroxylation sites is 1. The number of ether oxygens (including phenoxy) is 1. The summed E-state index contributed by atoms with van der Waals surface area (Å²) in [5.74, 6) is 1.71. The van der Waals surface area contributed by atoms with Crippen molar-refractivity contribution >= 4 is 27.5 Å². The first kappa shape index (κ1) is 20.4. The number of likely N-dealkylation sites (tertiary alicyclic amines) is 1. The number of halogens is 1. The molecule has 154 valence electrons. The zero-order valence-corrected chi connectivity index (χ0v) is 18.7. The summed E-state index contributed by atoms with van der Waals surface area (Å²) < 4.78 is 7.02. The third-order valence-electron chi connectivity index (χ3n) is 5.96. The molecular formula is C24H29BrN2O2. The summed E-state index contributed by atoms with van der Waals surface area (Å²) in [6.07, 6.45) is 3.58. The van der Waals surface area contributed by atoms with Crippen LogP contribution in [0, 0.1) is 5.92 Å². The monoisotopic (exact) mass is 456 g/mol. The second kappa shape index (κ2) is 8.88. The van der Waals surface area contributed by atoms with Crippen molar-refractivity contribution in [2.45, 2.75) is 45.1 Å². The number of carbonyl (C=O) groups is 1. The number of nitrogens with one attached hydrogen (secondary N) is 1. The van der Waals surface area contributed by atoms with Gasteiger partial charge >= 0.3 is 0 Å². The first-order valence-electron chi connectivity index (χ1n) is 10.6. The highest BCUT2D eigenvalue weighted by Gasteiger charge is 2.32. The number of nitrogens with zero attached hydrogens (tertiary/aromatic N) is 1. The maximum Gasteiger partial charge on any atom is 0.233 e. The number of rotatable bonds is 6. The number of fused-ring (bicyclic) bond motifs is 1. The molecule has 0 aliphatic carbocycles. The van der Waals surface area contributed by atoms with Gasteiger partial charge in [0, 0.05) is 16.7 Å². The molecule has 4 rings (SSSR count). The molecule has 1 atom stereocenters. The maximum absolute atomic E-state index is 12.4. The Bertz CT molecular complexity index is 875. The van der Waals surface area contributed by atoms with Gasteiger partial charge in [0.1, 0.15) is 5.75 Å². The number of carbonyl (C=O) groups excluding carboxylic acids is 1. The summed E-state index contributed by atoms with van der Waals surface area (Å²) in [5, 5.41) is 3.02. The van der Waals surface area contributed by atoms with Crippen LogP contribution in [0.4, 0.5) is 5.69 Å². The predicted octanol–water partition coefficient (Wildman–Crippen LogP) is 5.23. The Labute approximate surface area is 181 Å². The third-order valence-corrected chi connectivity index (χ3v) is 6.73. The Morgan fingerprint density at radius 2 is 1.93 bits per heavy atom. The highest BCUT2D eigenvalue weighted by Crippen LogP contribution is 2.34. The molecule has 2 aliphatic heterocycles. The molecule has 0 bridgehead atoms. The average molecular weight is 457 g/mol. The Morgan fingerprint density at radius 3 is 2.69 bits per heavy atom. The quantitative estimate of drug-likeness (QED) is 0.646. The number of amides is 1. The van der Waals surface area contributed by atoms with Gasteiger partial charge in [0.15, 0.2) is 0 Å². The van der Waals surface area contributed by atoms with Crippen molar-refractivity contribution < 1.29 is 9.53 Å². The van der Waals surface area contributed by atoms with Crippen LogP contribution in [0.25, 0.3) is 0 Å². The molecule has 2 aromatic carbocycles. The fourth-order valence-corrected chi connectivity index (χ4v) is 4.86. The fourth-order valence-electron chi connectivity index (χ4n) is 4.45. The molecular weight excluding hydrogens is 428 g/mol. The number of piperidine rings is 1.